The first kappa shape index (κ1) is 33.8. The van der Waals surface area contributed by atoms with Gasteiger partial charge in [-0.05, 0) is 72.4 Å². The first-order chi connectivity index (χ1) is 25.8. The van der Waals surface area contributed by atoms with E-state index in [-0.39, 0.29) is 17.9 Å². The molecule has 11 nitrogen and oxygen atoms in total. The number of H-pyrrole nitrogens is 1. The molecule has 11 heteroatoms. The van der Waals surface area contributed by atoms with Crippen LogP contribution in [0.5, 0.6) is 0 Å². The highest BCUT2D eigenvalue weighted by Crippen LogP contribution is 2.37. The van der Waals surface area contributed by atoms with E-state index in [9.17, 15) is 19.5 Å². The van der Waals surface area contributed by atoms with Crippen molar-refractivity contribution in [2.45, 2.75) is 43.9 Å². The third kappa shape index (κ3) is 6.86. The maximum atomic E-state index is 13.4. The number of nitrogens with one attached hydrogen (secondary N) is 2. The monoisotopic (exact) mass is 706 g/mol. The molecule has 2 aromatic heterocycles. The molecule has 4 heterocycles. The Bertz CT molecular complexity index is 2320. The number of aromatic nitrogens is 3. The van der Waals surface area contributed by atoms with Gasteiger partial charge in [-0.3, -0.25) is 14.4 Å². The minimum atomic E-state index is -1.33. The minimum Gasteiger partial charge on any atom is -0.436 e. The second-order valence-corrected chi connectivity index (χ2v) is 13.5. The van der Waals surface area contributed by atoms with Gasteiger partial charge in [0.15, 0.2) is 11.9 Å². The van der Waals surface area contributed by atoms with Gasteiger partial charge in [0.05, 0.1) is 23.7 Å². The van der Waals surface area contributed by atoms with Gasteiger partial charge in [0.25, 0.3) is 5.91 Å². The summed E-state index contributed by atoms with van der Waals surface area (Å²) >= 11 is 0. The van der Waals surface area contributed by atoms with E-state index < -0.39 is 18.1 Å². The molecule has 2 fully saturated rings. The van der Waals surface area contributed by atoms with E-state index in [1.165, 1.54) is 4.90 Å². The SMILES string of the molecule is C=C1CCN(C(=O)Cc2ccccc2)C1c1nc2ccc(-c3cnc(-c4cccc(NC(=O)C5CCCN5C(=O)C(O)c5ccccc5)c4)o3)cc2[nH]1. The van der Waals surface area contributed by atoms with Crippen molar-refractivity contribution in [3.8, 4) is 22.8 Å². The molecule has 8 rings (SSSR count). The Kier molecular flexibility index (Phi) is 9.15. The lowest BCUT2D eigenvalue weighted by atomic mass is 10.1. The standard InChI is InChI=1S/C42H38N6O5/c1-26-19-21-48(36(49)22-27-10-4-2-5-11-27)37(26)39-45-32-18-17-29(24-33(32)46-39)35-25-43-41(53-35)30-14-8-15-31(23-30)44-40(51)34-16-9-20-47(34)42(52)38(50)28-12-6-3-7-13-28/h2-8,10-15,17-18,23-25,34,37-38,50H,1,9,16,19-22H2,(H,44,51)(H,45,46). The number of fused-ring (bicyclic) bond motifs is 1. The molecule has 0 bridgehead atoms. The van der Waals surface area contributed by atoms with E-state index in [0.717, 1.165) is 34.2 Å². The maximum absolute atomic E-state index is 13.4. The van der Waals surface area contributed by atoms with Crippen molar-refractivity contribution in [3.05, 3.63) is 138 Å². The summed E-state index contributed by atoms with van der Waals surface area (Å²) in [6, 6.07) is 30.4. The summed E-state index contributed by atoms with van der Waals surface area (Å²) in [5, 5.41) is 13.6. The van der Waals surface area contributed by atoms with Crippen molar-refractivity contribution in [2.75, 3.05) is 18.4 Å². The predicted molar refractivity (Wildman–Crippen MR) is 200 cm³/mol. The highest BCUT2D eigenvalue weighted by molar-refractivity contribution is 5.98. The number of aliphatic hydroxyl groups excluding tert-OH is 1. The van der Waals surface area contributed by atoms with Crippen LogP contribution in [-0.2, 0) is 20.8 Å². The summed E-state index contributed by atoms with van der Waals surface area (Å²) in [6.45, 7) is 5.26. The van der Waals surface area contributed by atoms with Crippen LogP contribution in [0.25, 0.3) is 33.8 Å². The van der Waals surface area contributed by atoms with Gasteiger partial charge in [-0.1, -0.05) is 73.3 Å². The van der Waals surface area contributed by atoms with Crippen molar-refractivity contribution in [3.63, 3.8) is 0 Å². The summed E-state index contributed by atoms with van der Waals surface area (Å²) in [5.41, 5.74) is 5.96. The van der Waals surface area contributed by atoms with E-state index in [1.807, 2.05) is 65.6 Å². The number of aliphatic hydroxyl groups is 1. The smallest absolute Gasteiger partial charge is 0.256 e. The molecule has 3 N–H and O–H groups in total. The van der Waals surface area contributed by atoms with Gasteiger partial charge >= 0.3 is 0 Å². The van der Waals surface area contributed by atoms with Crippen LogP contribution in [0.1, 0.15) is 48.4 Å². The molecule has 3 atom stereocenters. The highest BCUT2D eigenvalue weighted by atomic mass is 16.4. The van der Waals surface area contributed by atoms with Crippen LogP contribution in [-0.4, -0.2) is 66.7 Å². The first-order valence-electron chi connectivity index (χ1n) is 17.7. The number of aromatic amines is 1. The molecule has 0 spiro atoms. The van der Waals surface area contributed by atoms with Gasteiger partial charge in [-0.15, -0.1) is 0 Å². The quantitative estimate of drug-likeness (QED) is 0.143. The molecule has 0 aliphatic carbocycles. The molecule has 6 aromatic rings. The average Bonchev–Trinajstić information content (AvgIpc) is 4.01. The number of carbonyl (C=O) groups excluding carboxylic acids is 3. The van der Waals surface area contributed by atoms with Gasteiger partial charge in [0.1, 0.15) is 17.9 Å². The van der Waals surface area contributed by atoms with Gasteiger partial charge in [0.2, 0.25) is 17.7 Å². The lowest BCUT2D eigenvalue weighted by Gasteiger charge is -2.26. The van der Waals surface area contributed by atoms with Gasteiger partial charge in [-0.2, -0.15) is 0 Å². The van der Waals surface area contributed by atoms with Gasteiger partial charge in [-0.25, -0.2) is 9.97 Å². The number of benzene rings is 4. The van der Waals surface area contributed by atoms with Crippen LogP contribution in [0.3, 0.4) is 0 Å². The summed E-state index contributed by atoms with van der Waals surface area (Å²) in [4.78, 5) is 56.0. The topological polar surface area (TPSA) is 145 Å². The van der Waals surface area contributed by atoms with Crippen LogP contribution in [0.2, 0.25) is 0 Å². The number of anilines is 1. The summed E-state index contributed by atoms with van der Waals surface area (Å²) in [7, 11) is 0. The molecule has 4 aromatic carbocycles. The number of oxazole rings is 1. The number of hydrogen-bond acceptors (Lipinski definition) is 7. The Hall–Kier alpha value is -6.33. The zero-order valence-electron chi connectivity index (χ0n) is 28.9. The van der Waals surface area contributed by atoms with Gasteiger partial charge in [0, 0.05) is 29.9 Å². The fourth-order valence-corrected chi connectivity index (χ4v) is 7.28. The third-order valence-corrected chi connectivity index (χ3v) is 10.0. The molecule has 3 amide bonds. The molecular weight excluding hydrogens is 668 g/mol. The number of nitrogens with zero attached hydrogens (tertiary/aromatic N) is 4. The predicted octanol–water partition coefficient (Wildman–Crippen LogP) is 6.62. The lowest BCUT2D eigenvalue weighted by Crippen LogP contribution is -2.45. The highest BCUT2D eigenvalue weighted by Gasteiger charge is 2.37. The number of rotatable bonds is 9. The van der Waals surface area contributed by atoms with Gasteiger partial charge < -0.3 is 29.6 Å². The van der Waals surface area contributed by atoms with E-state index in [1.54, 1.807) is 48.7 Å². The van der Waals surface area contributed by atoms with Crippen molar-refractivity contribution in [2.24, 2.45) is 0 Å². The molecule has 2 aliphatic heterocycles. The Labute approximate surface area is 306 Å². The Morgan fingerprint density at radius 1 is 0.925 bits per heavy atom. The largest absolute Gasteiger partial charge is 0.436 e. The molecular formula is C42H38N6O5. The number of likely N-dealkylation sites (tertiary alicyclic amines) is 2. The summed E-state index contributed by atoms with van der Waals surface area (Å²) in [5.74, 6) is 0.830. The maximum Gasteiger partial charge on any atom is 0.256 e. The van der Waals surface area contributed by atoms with E-state index in [4.69, 9.17) is 9.40 Å². The average molecular weight is 707 g/mol. The fraction of sp³-hybridized carbons (Fsp3) is 0.214. The number of hydrogen-bond donors (Lipinski definition) is 3. The minimum absolute atomic E-state index is 0.0353. The van der Waals surface area contributed by atoms with Crippen molar-refractivity contribution >= 4 is 34.4 Å². The molecule has 2 aliphatic rings. The summed E-state index contributed by atoms with van der Waals surface area (Å²) in [6.07, 6.45) is 2.53. The van der Waals surface area contributed by atoms with Crippen LogP contribution in [0, 0.1) is 0 Å². The Balaban J connectivity index is 0.958. The Morgan fingerprint density at radius 3 is 2.53 bits per heavy atom. The molecule has 0 saturated carbocycles. The second-order valence-electron chi connectivity index (χ2n) is 13.5. The second kappa shape index (κ2) is 14.4. The normalized spacial score (nSPS) is 17.7. The van der Waals surface area contributed by atoms with Crippen LogP contribution < -0.4 is 5.32 Å². The lowest BCUT2D eigenvalue weighted by molar-refractivity contribution is -0.144. The van der Waals surface area contributed by atoms with Crippen molar-refractivity contribution in [1.29, 1.82) is 0 Å². The van der Waals surface area contributed by atoms with Crippen molar-refractivity contribution < 1.29 is 23.9 Å². The molecule has 0 radical (unpaired) electrons. The zero-order chi connectivity index (χ0) is 36.5. The third-order valence-electron chi connectivity index (χ3n) is 10.0. The summed E-state index contributed by atoms with van der Waals surface area (Å²) < 4.78 is 6.20. The fourth-order valence-electron chi connectivity index (χ4n) is 7.28. The van der Waals surface area contributed by atoms with Crippen LogP contribution in [0.4, 0.5) is 5.69 Å². The van der Waals surface area contributed by atoms with Crippen LogP contribution in [0.15, 0.2) is 126 Å². The van der Waals surface area contributed by atoms with Crippen LogP contribution >= 0.6 is 0 Å². The van der Waals surface area contributed by atoms with E-state index >= 15 is 0 Å². The number of amides is 3. The zero-order valence-corrected chi connectivity index (χ0v) is 28.9. The Morgan fingerprint density at radius 2 is 1.72 bits per heavy atom. The van der Waals surface area contributed by atoms with E-state index in [0.29, 0.717) is 66.6 Å². The van der Waals surface area contributed by atoms with E-state index in [2.05, 4.69) is 21.9 Å². The van der Waals surface area contributed by atoms with Crippen molar-refractivity contribution in [1.82, 2.24) is 24.8 Å². The number of carbonyl (C=O) groups is 3. The molecule has 3 unspecified atom stereocenters. The number of imidazole rings is 1. The first-order valence-corrected chi connectivity index (χ1v) is 17.7. The molecule has 266 valence electrons. The molecule has 2 saturated heterocycles. The molecule has 53 heavy (non-hydrogen) atoms.